The van der Waals surface area contributed by atoms with Gasteiger partial charge in [-0.1, -0.05) is 0 Å². The molecule has 0 saturated carbocycles. The van der Waals surface area contributed by atoms with Crippen LogP contribution in [0.4, 0.5) is 0 Å². The molecule has 3 aliphatic rings. The average Bonchev–Trinajstić information content (AvgIpc) is 3.05. The highest BCUT2D eigenvalue weighted by Crippen LogP contribution is 2.33. The quantitative estimate of drug-likeness (QED) is 0.243. The Morgan fingerprint density at radius 1 is 1.31 bits per heavy atom. The molecule has 11 heteroatoms. The largest absolute Gasteiger partial charge is 0.388 e. The first-order chi connectivity index (χ1) is 15.3. The SMILES string of the molecule is CSC1O[C@H]([C@H](NC(=O)[C@H]2NC[C@@H]3C[C@H](CCCN)CCO[C@H]32)[C@H](C)Cl)[C@@H](O)C(O)[C@H]1O. The summed E-state index contributed by atoms with van der Waals surface area (Å²) < 4.78 is 11.9. The van der Waals surface area contributed by atoms with Crippen LogP contribution in [0.25, 0.3) is 0 Å². The van der Waals surface area contributed by atoms with E-state index in [4.69, 9.17) is 26.8 Å². The fraction of sp³-hybridized carbons (Fsp3) is 0.952. The maximum Gasteiger partial charge on any atom is 0.240 e. The molecule has 3 saturated heterocycles. The number of nitrogens with one attached hydrogen (secondary N) is 2. The summed E-state index contributed by atoms with van der Waals surface area (Å²) in [4.78, 5) is 13.2. The Morgan fingerprint density at radius 2 is 2.06 bits per heavy atom. The van der Waals surface area contributed by atoms with Crippen molar-refractivity contribution in [1.29, 1.82) is 0 Å². The van der Waals surface area contributed by atoms with Gasteiger partial charge in [0, 0.05) is 13.2 Å². The van der Waals surface area contributed by atoms with Crippen LogP contribution in [0.15, 0.2) is 0 Å². The van der Waals surface area contributed by atoms with Gasteiger partial charge >= 0.3 is 0 Å². The summed E-state index contributed by atoms with van der Waals surface area (Å²) in [5.74, 6) is 0.528. The van der Waals surface area contributed by atoms with Crippen molar-refractivity contribution in [3.8, 4) is 0 Å². The molecule has 1 amide bonds. The van der Waals surface area contributed by atoms with Crippen molar-refractivity contribution in [3.05, 3.63) is 0 Å². The van der Waals surface area contributed by atoms with E-state index in [9.17, 15) is 20.1 Å². The fourth-order valence-electron chi connectivity index (χ4n) is 5.14. The number of aliphatic hydroxyl groups excluding tert-OH is 3. The molecular weight excluding hydrogens is 458 g/mol. The highest BCUT2D eigenvalue weighted by Gasteiger charge is 2.49. The Morgan fingerprint density at radius 3 is 2.72 bits per heavy atom. The van der Waals surface area contributed by atoms with Crippen LogP contribution in [0.1, 0.15) is 32.6 Å². The summed E-state index contributed by atoms with van der Waals surface area (Å²) in [6.45, 7) is 3.69. The molecule has 0 aliphatic carbocycles. The van der Waals surface area contributed by atoms with Gasteiger partial charge in [0.15, 0.2) is 0 Å². The van der Waals surface area contributed by atoms with E-state index in [0.29, 0.717) is 25.6 Å². The van der Waals surface area contributed by atoms with Gasteiger partial charge in [-0.3, -0.25) is 4.79 Å². The Bertz CT molecular complexity index is 618. The number of carbonyl (C=O) groups is 1. The molecule has 7 N–H and O–H groups in total. The Balaban J connectivity index is 1.66. The van der Waals surface area contributed by atoms with Gasteiger partial charge in [-0.25, -0.2) is 0 Å². The lowest BCUT2D eigenvalue weighted by atomic mass is 9.87. The second-order valence-electron chi connectivity index (χ2n) is 9.19. The number of aliphatic hydroxyl groups is 3. The second-order valence-corrected chi connectivity index (χ2v) is 10.8. The number of nitrogens with two attached hydrogens (primary N) is 1. The third-order valence-corrected chi connectivity index (χ3v) is 8.09. The van der Waals surface area contributed by atoms with Gasteiger partial charge in [-0.15, -0.1) is 23.4 Å². The number of thioether (sulfide) groups is 1. The number of halogens is 1. The van der Waals surface area contributed by atoms with Crippen LogP contribution in [-0.4, -0.2) is 101 Å². The lowest BCUT2D eigenvalue weighted by Gasteiger charge is -2.44. The van der Waals surface area contributed by atoms with Crippen molar-refractivity contribution in [3.63, 3.8) is 0 Å². The molecule has 0 aromatic rings. The Hall–Kier alpha value is -0.170. The zero-order valence-corrected chi connectivity index (χ0v) is 20.3. The number of hydrogen-bond acceptors (Lipinski definition) is 9. The molecule has 2 unspecified atom stereocenters. The van der Waals surface area contributed by atoms with Crippen LogP contribution in [0, 0.1) is 11.8 Å². The molecule has 3 fully saturated rings. The van der Waals surface area contributed by atoms with Gasteiger partial charge in [0.1, 0.15) is 35.9 Å². The van der Waals surface area contributed by atoms with E-state index in [1.54, 1.807) is 13.2 Å². The van der Waals surface area contributed by atoms with Crippen molar-refractivity contribution < 1.29 is 29.6 Å². The first-order valence-corrected chi connectivity index (χ1v) is 13.2. The van der Waals surface area contributed by atoms with Crippen LogP contribution in [-0.2, 0) is 14.3 Å². The van der Waals surface area contributed by atoms with E-state index in [0.717, 1.165) is 25.7 Å². The van der Waals surface area contributed by atoms with E-state index >= 15 is 0 Å². The normalized spacial score (nSPS) is 42.0. The minimum Gasteiger partial charge on any atom is -0.388 e. The van der Waals surface area contributed by atoms with Crippen LogP contribution in [0.2, 0.25) is 0 Å². The summed E-state index contributed by atoms with van der Waals surface area (Å²) in [6, 6.07) is -1.29. The van der Waals surface area contributed by atoms with E-state index in [2.05, 4.69) is 10.6 Å². The van der Waals surface area contributed by atoms with Crippen molar-refractivity contribution in [2.75, 3.05) is 26.0 Å². The lowest BCUT2D eigenvalue weighted by molar-refractivity contribution is -0.205. The predicted octanol–water partition coefficient (Wildman–Crippen LogP) is -0.609. The summed E-state index contributed by atoms with van der Waals surface area (Å²) >= 11 is 7.60. The van der Waals surface area contributed by atoms with E-state index in [1.807, 2.05) is 0 Å². The number of ether oxygens (including phenoxy) is 2. The molecule has 3 rings (SSSR count). The van der Waals surface area contributed by atoms with Gasteiger partial charge in [0.2, 0.25) is 5.91 Å². The minimum absolute atomic E-state index is 0.229. The molecule has 3 heterocycles. The van der Waals surface area contributed by atoms with Crippen LogP contribution in [0.3, 0.4) is 0 Å². The van der Waals surface area contributed by atoms with Crippen LogP contribution >= 0.6 is 23.4 Å². The standard InChI is InChI=1S/C21H38ClN3O6S/c1-10(22)13(19-16(27)15(26)17(28)21(31-19)32-2)25-20(29)14-18-12(9-24-14)8-11(4-3-6-23)5-7-30-18/h10-19,21,24,26-28H,3-9,23H2,1-2H3,(H,25,29)/t10-,11+,12-,13+,14-,15?,16-,17+,18+,19+,21?/m0/s1. The molecule has 9 nitrogen and oxygen atoms in total. The number of carbonyl (C=O) groups excluding carboxylic acids is 1. The molecule has 11 atom stereocenters. The monoisotopic (exact) mass is 495 g/mol. The molecule has 0 bridgehead atoms. The molecule has 0 aromatic heterocycles. The zero-order chi connectivity index (χ0) is 23.4. The topological polar surface area (TPSA) is 146 Å². The maximum atomic E-state index is 13.2. The Kier molecular flexibility index (Phi) is 9.91. The predicted molar refractivity (Wildman–Crippen MR) is 123 cm³/mol. The number of hydrogen-bond donors (Lipinski definition) is 6. The molecule has 0 spiro atoms. The fourth-order valence-corrected chi connectivity index (χ4v) is 6.02. The lowest BCUT2D eigenvalue weighted by Crippen LogP contribution is -2.65. The van der Waals surface area contributed by atoms with E-state index < -0.39 is 47.3 Å². The first kappa shape index (κ1) is 26.4. The molecule has 3 aliphatic heterocycles. The van der Waals surface area contributed by atoms with Crippen LogP contribution in [0.5, 0.6) is 0 Å². The molecular formula is C21H38ClN3O6S. The van der Waals surface area contributed by atoms with E-state index in [-0.39, 0.29) is 17.9 Å². The Labute approximate surface area is 199 Å². The van der Waals surface area contributed by atoms with Gasteiger partial charge in [0.25, 0.3) is 0 Å². The third-order valence-electron chi connectivity index (χ3n) is 6.96. The van der Waals surface area contributed by atoms with Gasteiger partial charge in [-0.05, 0) is 57.2 Å². The van der Waals surface area contributed by atoms with Crippen molar-refractivity contribution in [1.82, 2.24) is 10.6 Å². The minimum atomic E-state index is -1.40. The second kappa shape index (κ2) is 12.0. The number of amides is 1. The smallest absolute Gasteiger partial charge is 0.240 e. The van der Waals surface area contributed by atoms with E-state index in [1.165, 1.54) is 11.8 Å². The third kappa shape index (κ3) is 5.90. The molecule has 186 valence electrons. The number of fused-ring (bicyclic) bond motifs is 1. The van der Waals surface area contributed by atoms with Crippen molar-refractivity contribution in [2.45, 2.75) is 86.0 Å². The van der Waals surface area contributed by atoms with Gasteiger partial charge in [-0.2, -0.15) is 0 Å². The average molecular weight is 496 g/mol. The summed E-state index contributed by atoms with van der Waals surface area (Å²) in [5.41, 5.74) is 4.92. The highest BCUT2D eigenvalue weighted by atomic mass is 35.5. The van der Waals surface area contributed by atoms with Crippen LogP contribution < -0.4 is 16.4 Å². The van der Waals surface area contributed by atoms with Gasteiger partial charge < -0.3 is 41.2 Å². The molecule has 0 aromatic carbocycles. The summed E-state index contributed by atoms with van der Waals surface area (Å²) in [7, 11) is 0. The first-order valence-electron chi connectivity index (χ1n) is 11.5. The highest BCUT2D eigenvalue weighted by molar-refractivity contribution is 7.99. The summed E-state index contributed by atoms with van der Waals surface area (Å²) in [6.07, 6.45) is 0.572. The zero-order valence-electron chi connectivity index (χ0n) is 18.7. The molecule has 0 radical (unpaired) electrons. The van der Waals surface area contributed by atoms with Crippen molar-refractivity contribution in [2.24, 2.45) is 17.6 Å². The summed E-state index contributed by atoms with van der Waals surface area (Å²) in [5, 5.41) is 36.6. The molecule has 32 heavy (non-hydrogen) atoms. The number of rotatable bonds is 8. The van der Waals surface area contributed by atoms with Crippen molar-refractivity contribution >= 4 is 29.3 Å². The maximum absolute atomic E-state index is 13.2. The van der Waals surface area contributed by atoms with Gasteiger partial charge in [0.05, 0.1) is 17.5 Å². The number of alkyl halides is 1.